The Morgan fingerprint density at radius 2 is 1.96 bits per heavy atom. The van der Waals surface area contributed by atoms with Crippen molar-refractivity contribution in [3.8, 4) is 11.5 Å². The first-order chi connectivity index (χ1) is 13.1. The van der Waals surface area contributed by atoms with Crippen LogP contribution in [0.4, 0.5) is 14.9 Å². The number of hydrogen-bond acceptors (Lipinski definition) is 4. The third-order valence-electron chi connectivity index (χ3n) is 4.30. The summed E-state index contributed by atoms with van der Waals surface area (Å²) < 4.78 is 23.8. The molecule has 7 heteroatoms. The second-order valence-corrected chi connectivity index (χ2v) is 6.42. The number of urea groups is 1. The van der Waals surface area contributed by atoms with Gasteiger partial charge in [0, 0.05) is 37.9 Å². The summed E-state index contributed by atoms with van der Waals surface area (Å²) in [6.45, 7) is 3.17. The minimum absolute atomic E-state index is 0.139. The average Bonchev–Trinajstić information content (AvgIpc) is 2.64. The van der Waals surface area contributed by atoms with E-state index < -0.39 is 0 Å². The fraction of sp³-hybridized carbons (Fsp3) is 0.350. The number of methoxy groups -OCH3 is 1. The van der Waals surface area contributed by atoms with Gasteiger partial charge in [0.25, 0.3) is 0 Å². The van der Waals surface area contributed by atoms with Crippen LogP contribution in [-0.2, 0) is 0 Å². The SMILES string of the molecule is COc1cccc(NC(=O)NCCCN2CC(Oc3ccc(F)cc3)C2)c1. The number of nitrogens with one attached hydrogen (secondary N) is 2. The predicted molar refractivity (Wildman–Crippen MR) is 102 cm³/mol. The Labute approximate surface area is 158 Å². The van der Waals surface area contributed by atoms with E-state index in [0.29, 0.717) is 23.7 Å². The first-order valence-electron chi connectivity index (χ1n) is 8.96. The van der Waals surface area contributed by atoms with Crippen molar-refractivity contribution in [1.29, 1.82) is 0 Å². The molecular formula is C20H24FN3O3. The number of benzene rings is 2. The summed E-state index contributed by atoms with van der Waals surface area (Å²) in [4.78, 5) is 14.2. The Hall–Kier alpha value is -2.80. The lowest BCUT2D eigenvalue weighted by Gasteiger charge is -2.39. The Kier molecular flexibility index (Phi) is 6.49. The molecule has 3 rings (SSSR count). The van der Waals surface area contributed by atoms with Gasteiger partial charge in [-0.05, 0) is 42.8 Å². The lowest BCUT2D eigenvalue weighted by molar-refractivity contribution is 0.0196. The fourth-order valence-electron chi connectivity index (χ4n) is 2.87. The van der Waals surface area contributed by atoms with E-state index in [4.69, 9.17) is 9.47 Å². The molecule has 0 radical (unpaired) electrons. The zero-order valence-electron chi connectivity index (χ0n) is 15.3. The first kappa shape index (κ1) is 19.0. The molecule has 27 heavy (non-hydrogen) atoms. The van der Waals surface area contributed by atoms with Crippen molar-refractivity contribution >= 4 is 11.7 Å². The maximum Gasteiger partial charge on any atom is 0.319 e. The second kappa shape index (κ2) is 9.23. The number of likely N-dealkylation sites (tertiary alicyclic amines) is 1. The van der Waals surface area contributed by atoms with E-state index in [9.17, 15) is 9.18 Å². The standard InChI is InChI=1S/C20H24FN3O3/c1-26-18-5-2-4-16(12-18)23-20(25)22-10-3-11-24-13-19(14-24)27-17-8-6-15(21)7-9-17/h2,4-9,12,19H,3,10-11,13-14H2,1H3,(H2,22,23,25). The lowest BCUT2D eigenvalue weighted by Crippen LogP contribution is -2.54. The number of carbonyl (C=O) groups excluding carboxylic acids is 1. The van der Waals surface area contributed by atoms with Gasteiger partial charge in [-0.3, -0.25) is 4.90 Å². The molecule has 1 saturated heterocycles. The van der Waals surface area contributed by atoms with Crippen LogP contribution in [0.1, 0.15) is 6.42 Å². The lowest BCUT2D eigenvalue weighted by atomic mass is 10.1. The van der Waals surface area contributed by atoms with Gasteiger partial charge in [0.15, 0.2) is 0 Å². The van der Waals surface area contributed by atoms with Gasteiger partial charge >= 0.3 is 6.03 Å². The third kappa shape index (κ3) is 5.86. The van der Waals surface area contributed by atoms with E-state index in [1.807, 2.05) is 18.2 Å². The van der Waals surface area contributed by atoms with Crippen LogP contribution in [0.2, 0.25) is 0 Å². The summed E-state index contributed by atoms with van der Waals surface area (Å²) in [6, 6.07) is 13.1. The highest BCUT2D eigenvalue weighted by atomic mass is 19.1. The maximum atomic E-state index is 12.9. The smallest absolute Gasteiger partial charge is 0.319 e. The molecular weight excluding hydrogens is 349 g/mol. The second-order valence-electron chi connectivity index (χ2n) is 6.42. The molecule has 1 fully saturated rings. The minimum atomic E-state index is -0.263. The summed E-state index contributed by atoms with van der Waals surface area (Å²) in [5, 5.41) is 5.62. The molecule has 144 valence electrons. The summed E-state index contributed by atoms with van der Waals surface area (Å²) >= 11 is 0. The van der Waals surface area contributed by atoms with Gasteiger partial charge in [-0.15, -0.1) is 0 Å². The summed E-state index contributed by atoms with van der Waals surface area (Å²) in [5.74, 6) is 1.13. The van der Waals surface area contributed by atoms with Crippen LogP contribution in [0, 0.1) is 5.82 Å². The van der Waals surface area contributed by atoms with Gasteiger partial charge in [0.05, 0.1) is 7.11 Å². The number of carbonyl (C=O) groups is 1. The average molecular weight is 373 g/mol. The summed E-state index contributed by atoms with van der Waals surface area (Å²) in [6.07, 6.45) is 0.995. The summed E-state index contributed by atoms with van der Waals surface area (Å²) in [5.41, 5.74) is 0.690. The van der Waals surface area contributed by atoms with Crippen LogP contribution in [0.3, 0.4) is 0 Å². The van der Waals surface area contributed by atoms with Crippen LogP contribution >= 0.6 is 0 Å². The predicted octanol–water partition coefficient (Wildman–Crippen LogP) is 3.11. The molecule has 1 heterocycles. The van der Waals surface area contributed by atoms with E-state index in [2.05, 4.69) is 15.5 Å². The number of rotatable bonds is 8. The van der Waals surface area contributed by atoms with Gasteiger partial charge in [-0.25, -0.2) is 9.18 Å². The molecule has 0 unspecified atom stereocenters. The van der Waals surface area contributed by atoms with Gasteiger partial charge < -0.3 is 20.1 Å². The number of ether oxygens (including phenoxy) is 2. The minimum Gasteiger partial charge on any atom is -0.497 e. The Bertz CT molecular complexity index is 748. The van der Waals surface area contributed by atoms with Gasteiger partial charge in [0.2, 0.25) is 0 Å². The van der Waals surface area contributed by atoms with Crippen molar-refractivity contribution in [1.82, 2.24) is 10.2 Å². The van der Waals surface area contributed by atoms with E-state index in [-0.39, 0.29) is 18.0 Å². The van der Waals surface area contributed by atoms with Crippen LogP contribution < -0.4 is 20.1 Å². The number of nitrogens with zero attached hydrogens (tertiary/aromatic N) is 1. The van der Waals surface area contributed by atoms with Crippen LogP contribution in [-0.4, -0.2) is 50.3 Å². The largest absolute Gasteiger partial charge is 0.497 e. The van der Waals surface area contributed by atoms with E-state index >= 15 is 0 Å². The molecule has 0 atom stereocenters. The van der Waals surface area contributed by atoms with Crippen LogP contribution in [0.25, 0.3) is 0 Å². The number of hydrogen-bond donors (Lipinski definition) is 2. The Balaban J connectivity index is 1.26. The van der Waals surface area contributed by atoms with Gasteiger partial charge in [-0.1, -0.05) is 6.07 Å². The monoisotopic (exact) mass is 373 g/mol. The summed E-state index contributed by atoms with van der Waals surface area (Å²) in [7, 11) is 1.59. The topological polar surface area (TPSA) is 62.8 Å². The molecule has 2 N–H and O–H groups in total. The number of halogens is 1. The van der Waals surface area contributed by atoms with E-state index in [1.54, 1.807) is 25.3 Å². The van der Waals surface area contributed by atoms with Crippen LogP contribution in [0.15, 0.2) is 48.5 Å². The molecule has 1 aliphatic rings. The van der Waals surface area contributed by atoms with Crippen molar-refractivity contribution < 1.29 is 18.7 Å². The highest BCUT2D eigenvalue weighted by Gasteiger charge is 2.27. The molecule has 1 aliphatic heterocycles. The quantitative estimate of drug-likeness (QED) is 0.698. The molecule has 2 aromatic rings. The van der Waals surface area contributed by atoms with Crippen molar-refractivity contribution in [3.63, 3.8) is 0 Å². The van der Waals surface area contributed by atoms with E-state index in [1.165, 1.54) is 12.1 Å². The highest BCUT2D eigenvalue weighted by Crippen LogP contribution is 2.18. The zero-order chi connectivity index (χ0) is 19.1. The van der Waals surface area contributed by atoms with Crippen molar-refractivity contribution in [2.45, 2.75) is 12.5 Å². The van der Waals surface area contributed by atoms with Crippen LogP contribution in [0.5, 0.6) is 11.5 Å². The van der Waals surface area contributed by atoms with Crippen molar-refractivity contribution in [2.75, 3.05) is 38.6 Å². The van der Waals surface area contributed by atoms with Crippen molar-refractivity contribution in [2.24, 2.45) is 0 Å². The third-order valence-corrected chi connectivity index (χ3v) is 4.30. The molecule has 2 amide bonds. The Morgan fingerprint density at radius 1 is 1.19 bits per heavy atom. The number of anilines is 1. The van der Waals surface area contributed by atoms with Gasteiger partial charge in [0.1, 0.15) is 23.4 Å². The zero-order valence-corrected chi connectivity index (χ0v) is 15.3. The van der Waals surface area contributed by atoms with E-state index in [0.717, 1.165) is 26.1 Å². The van der Waals surface area contributed by atoms with Gasteiger partial charge in [-0.2, -0.15) is 0 Å². The molecule has 0 saturated carbocycles. The first-order valence-corrected chi connectivity index (χ1v) is 8.96. The maximum absolute atomic E-state index is 12.9. The molecule has 0 aliphatic carbocycles. The normalized spacial score (nSPS) is 14.3. The fourth-order valence-corrected chi connectivity index (χ4v) is 2.87. The number of amides is 2. The molecule has 0 aromatic heterocycles. The molecule has 0 spiro atoms. The van der Waals surface area contributed by atoms with Crippen molar-refractivity contribution in [3.05, 3.63) is 54.3 Å². The molecule has 2 aromatic carbocycles. The highest BCUT2D eigenvalue weighted by molar-refractivity contribution is 5.89. The molecule has 6 nitrogen and oxygen atoms in total. The Morgan fingerprint density at radius 3 is 2.70 bits per heavy atom. The molecule has 0 bridgehead atoms.